The third-order valence-electron chi connectivity index (χ3n) is 4.71. The van der Waals surface area contributed by atoms with Crippen molar-refractivity contribution in [3.8, 4) is 17.1 Å². The Morgan fingerprint density at radius 2 is 1.87 bits per heavy atom. The number of anilines is 2. The summed E-state index contributed by atoms with van der Waals surface area (Å²) >= 11 is 0. The van der Waals surface area contributed by atoms with Crippen molar-refractivity contribution in [3.63, 3.8) is 0 Å². The summed E-state index contributed by atoms with van der Waals surface area (Å²) in [5.41, 5.74) is 1.36. The molecule has 0 fully saturated rings. The zero-order valence-corrected chi connectivity index (χ0v) is 16.3. The van der Waals surface area contributed by atoms with Crippen molar-refractivity contribution in [2.75, 3.05) is 12.4 Å². The van der Waals surface area contributed by atoms with Gasteiger partial charge in [-0.25, -0.2) is 19.3 Å². The van der Waals surface area contributed by atoms with Crippen molar-refractivity contribution < 1.29 is 9.13 Å². The van der Waals surface area contributed by atoms with Gasteiger partial charge in [0.25, 0.3) is 5.56 Å². The van der Waals surface area contributed by atoms with Crippen LogP contribution in [0, 0.1) is 5.82 Å². The van der Waals surface area contributed by atoms with Crippen molar-refractivity contribution in [1.82, 2.24) is 24.6 Å². The lowest BCUT2D eigenvalue weighted by Crippen LogP contribution is -2.11. The lowest BCUT2D eigenvalue weighted by Gasteiger charge is -2.07. The second-order valence-electron chi connectivity index (χ2n) is 6.67. The Balaban J connectivity index is 1.73. The highest BCUT2D eigenvalue weighted by Gasteiger charge is 2.16. The Morgan fingerprint density at radius 1 is 1.03 bits per heavy atom. The number of methoxy groups -OCH3 is 1. The largest absolute Gasteiger partial charge is 0.497 e. The minimum absolute atomic E-state index is 0.205. The van der Waals surface area contributed by atoms with Crippen LogP contribution in [-0.2, 0) is 0 Å². The predicted octanol–water partition coefficient (Wildman–Crippen LogP) is 3.59. The van der Waals surface area contributed by atoms with E-state index in [1.807, 2.05) is 24.3 Å². The average molecular weight is 414 g/mol. The van der Waals surface area contributed by atoms with Crippen LogP contribution in [0.25, 0.3) is 27.9 Å². The van der Waals surface area contributed by atoms with Gasteiger partial charge < -0.3 is 10.1 Å². The SMILES string of the molecule is COc1ccc(-c2nc3c4ccc(F)cc4nc(Nc4ccccnc4=O)n3n2)cc1. The Morgan fingerprint density at radius 3 is 2.68 bits per heavy atom. The minimum Gasteiger partial charge on any atom is -0.497 e. The van der Waals surface area contributed by atoms with Crippen molar-refractivity contribution in [2.24, 2.45) is 0 Å². The number of hydrogen-bond acceptors (Lipinski definition) is 7. The van der Waals surface area contributed by atoms with Crippen LogP contribution < -0.4 is 15.6 Å². The second kappa shape index (κ2) is 7.45. The first-order valence-electron chi connectivity index (χ1n) is 9.35. The number of benzene rings is 2. The molecule has 3 aromatic heterocycles. The van der Waals surface area contributed by atoms with Gasteiger partial charge in [0, 0.05) is 23.2 Å². The molecule has 31 heavy (non-hydrogen) atoms. The van der Waals surface area contributed by atoms with Gasteiger partial charge in [-0.2, -0.15) is 4.52 Å². The van der Waals surface area contributed by atoms with E-state index in [0.29, 0.717) is 28.1 Å². The van der Waals surface area contributed by atoms with Crippen LogP contribution >= 0.6 is 0 Å². The van der Waals surface area contributed by atoms with Crippen molar-refractivity contribution in [1.29, 1.82) is 0 Å². The molecule has 0 bridgehead atoms. The van der Waals surface area contributed by atoms with Crippen LogP contribution in [0.5, 0.6) is 5.75 Å². The molecule has 0 radical (unpaired) electrons. The van der Waals surface area contributed by atoms with E-state index in [4.69, 9.17) is 4.74 Å². The molecule has 1 N–H and O–H groups in total. The minimum atomic E-state index is -0.463. The Labute approximate surface area is 175 Å². The zero-order chi connectivity index (χ0) is 21.4. The fourth-order valence-electron chi connectivity index (χ4n) is 3.19. The van der Waals surface area contributed by atoms with E-state index in [1.165, 1.54) is 22.8 Å². The van der Waals surface area contributed by atoms with Crippen LogP contribution in [0.1, 0.15) is 0 Å². The Bertz CT molecular complexity index is 1480. The van der Waals surface area contributed by atoms with Gasteiger partial charge in [-0.15, -0.1) is 5.10 Å². The van der Waals surface area contributed by atoms with E-state index in [2.05, 4.69) is 25.4 Å². The zero-order valence-electron chi connectivity index (χ0n) is 16.3. The molecular formula is C22H15FN6O2. The van der Waals surface area contributed by atoms with Gasteiger partial charge in [0.1, 0.15) is 17.3 Å². The van der Waals surface area contributed by atoms with E-state index in [1.54, 1.807) is 31.4 Å². The normalized spacial score (nSPS) is 11.0. The summed E-state index contributed by atoms with van der Waals surface area (Å²) in [6, 6.07) is 16.5. The average Bonchev–Trinajstić information content (AvgIpc) is 3.13. The van der Waals surface area contributed by atoms with Crippen LogP contribution in [-0.4, -0.2) is 31.7 Å². The van der Waals surface area contributed by atoms with Crippen LogP contribution in [0.15, 0.2) is 71.7 Å². The number of fused-ring (bicyclic) bond motifs is 3. The molecule has 0 atom stereocenters. The molecule has 9 heteroatoms. The summed E-state index contributed by atoms with van der Waals surface area (Å²) in [7, 11) is 1.59. The molecule has 5 rings (SSSR count). The molecule has 0 saturated carbocycles. The fourth-order valence-corrected chi connectivity index (χ4v) is 3.19. The Kier molecular flexibility index (Phi) is 4.47. The van der Waals surface area contributed by atoms with Gasteiger partial charge in [0.05, 0.1) is 12.6 Å². The highest BCUT2D eigenvalue weighted by atomic mass is 19.1. The molecule has 5 aromatic rings. The van der Waals surface area contributed by atoms with Crippen molar-refractivity contribution in [2.45, 2.75) is 0 Å². The molecule has 2 aromatic carbocycles. The summed E-state index contributed by atoms with van der Waals surface area (Å²) in [6.45, 7) is 0. The number of halogens is 1. The number of hydrogen-bond donors (Lipinski definition) is 1. The number of nitrogens with zero attached hydrogens (tertiary/aromatic N) is 5. The summed E-state index contributed by atoms with van der Waals surface area (Å²) in [6.07, 6.45) is 1.41. The van der Waals surface area contributed by atoms with E-state index in [0.717, 1.165) is 5.56 Å². The van der Waals surface area contributed by atoms with E-state index >= 15 is 0 Å². The molecule has 8 nitrogen and oxygen atoms in total. The Hall–Kier alpha value is -4.40. The van der Waals surface area contributed by atoms with Crippen molar-refractivity contribution in [3.05, 3.63) is 83.0 Å². The third kappa shape index (κ3) is 3.42. The van der Waals surface area contributed by atoms with Gasteiger partial charge in [0.15, 0.2) is 11.5 Å². The first-order valence-corrected chi connectivity index (χ1v) is 9.35. The molecule has 0 aliphatic rings. The number of rotatable bonds is 4. The van der Waals surface area contributed by atoms with Gasteiger partial charge >= 0.3 is 0 Å². The van der Waals surface area contributed by atoms with Gasteiger partial charge in [0.2, 0.25) is 5.95 Å². The number of ether oxygens (including phenoxy) is 1. The molecule has 0 saturated heterocycles. The quantitative estimate of drug-likeness (QED) is 0.480. The van der Waals surface area contributed by atoms with Crippen molar-refractivity contribution >= 4 is 28.2 Å². The standard InChI is InChI=1S/C22H15FN6O2/c1-31-15-8-5-13(6-9-15)19-27-20-16-10-7-14(23)12-18(16)26-22(29(20)28-19)25-17-4-2-3-11-24-21(17)30/h2-12H,1H3,(H,24,25,26,30). The van der Waals surface area contributed by atoms with E-state index in [-0.39, 0.29) is 11.6 Å². The molecule has 0 aliphatic heterocycles. The summed E-state index contributed by atoms with van der Waals surface area (Å²) in [5, 5.41) is 8.16. The van der Waals surface area contributed by atoms with Gasteiger partial charge in [-0.3, -0.25) is 4.79 Å². The first-order chi connectivity index (χ1) is 15.1. The monoisotopic (exact) mass is 414 g/mol. The fraction of sp³-hybridized carbons (Fsp3) is 0.0455. The topological polar surface area (TPSA) is 94.3 Å². The number of nitrogens with one attached hydrogen (secondary N) is 1. The molecule has 0 amide bonds. The molecule has 0 aliphatic carbocycles. The highest BCUT2D eigenvalue weighted by molar-refractivity contribution is 5.93. The summed E-state index contributed by atoms with van der Waals surface area (Å²) in [5.74, 6) is 0.946. The third-order valence-corrected chi connectivity index (χ3v) is 4.71. The maximum absolute atomic E-state index is 13.9. The smallest absolute Gasteiger partial charge is 0.293 e. The van der Waals surface area contributed by atoms with E-state index in [9.17, 15) is 9.18 Å². The maximum atomic E-state index is 13.9. The lowest BCUT2D eigenvalue weighted by atomic mass is 10.2. The summed E-state index contributed by atoms with van der Waals surface area (Å²) < 4.78 is 20.6. The molecule has 0 spiro atoms. The lowest BCUT2D eigenvalue weighted by molar-refractivity contribution is 0.415. The summed E-state index contributed by atoms with van der Waals surface area (Å²) in [4.78, 5) is 25.2. The van der Waals surface area contributed by atoms with E-state index < -0.39 is 11.4 Å². The van der Waals surface area contributed by atoms with Gasteiger partial charge in [-0.1, -0.05) is 6.07 Å². The second-order valence-corrected chi connectivity index (χ2v) is 6.67. The molecule has 0 unspecified atom stereocenters. The van der Waals surface area contributed by atoms with Crippen LogP contribution in [0.3, 0.4) is 0 Å². The van der Waals surface area contributed by atoms with Crippen LogP contribution in [0.2, 0.25) is 0 Å². The maximum Gasteiger partial charge on any atom is 0.293 e. The molecular weight excluding hydrogens is 399 g/mol. The molecule has 152 valence electrons. The van der Waals surface area contributed by atoms with Crippen LogP contribution in [0.4, 0.5) is 16.0 Å². The highest BCUT2D eigenvalue weighted by Crippen LogP contribution is 2.26. The molecule has 3 heterocycles. The number of aromatic nitrogens is 5. The predicted molar refractivity (Wildman–Crippen MR) is 114 cm³/mol. The van der Waals surface area contributed by atoms with Gasteiger partial charge in [-0.05, 0) is 48.5 Å². The first kappa shape index (κ1) is 18.6.